The average molecular weight is 378 g/mol. The Bertz CT molecular complexity index is 900. The van der Waals surface area contributed by atoms with Gasteiger partial charge in [-0.1, -0.05) is 61.4 Å². The van der Waals surface area contributed by atoms with Gasteiger partial charge in [0.15, 0.2) is 0 Å². The van der Waals surface area contributed by atoms with Crippen molar-refractivity contribution in [2.75, 3.05) is 6.61 Å². The van der Waals surface area contributed by atoms with Crippen LogP contribution in [-0.4, -0.2) is 16.7 Å². The average Bonchev–Trinajstić information content (AvgIpc) is 3.12. The maximum absolute atomic E-state index is 9.01. The molecule has 2 nitrogen and oxygen atoms in total. The lowest BCUT2D eigenvalue weighted by Gasteiger charge is -2.20. The van der Waals surface area contributed by atoms with Crippen LogP contribution >= 0.6 is 11.3 Å². The second-order valence-electron chi connectivity index (χ2n) is 7.56. The summed E-state index contributed by atoms with van der Waals surface area (Å²) < 4.78 is 0. The zero-order chi connectivity index (χ0) is 18.6. The van der Waals surface area contributed by atoms with Crippen LogP contribution in [0.2, 0.25) is 0 Å². The summed E-state index contributed by atoms with van der Waals surface area (Å²) in [5, 5.41) is 10.2. The molecule has 3 heteroatoms. The molecule has 27 heavy (non-hydrogen) atoms. The first-order valence-corrected chi connectivity index (χ1v) is 10.8. The van der Waals surface area contributed by atoms with Crippen LogP contribution in [0.5, 0.6) is 0 Å². The molecule has 0 saturated heterocycles. The molecule has 0 amide bonds. The van der Waals surface area contributed by atoms with Gasteiger partial charge in [-0.2, -0.15) is 0 Å². The maximum Gasteiger partial charge on any atom is 0.124 e. The first-order chi connectivity index (χ1) is 13.3. The zero-order valence-electron chi connectivity index (χ0n) is 15.9. The van der Waals surface area contributed by atoms with E-state index in [2.05, 4.69) is 55.5 Å². The van der Waals surface area contributed by atoms with E-state index < -0.39 is 0 Å². The molecule has 1 aromatic heterocycles. The number of rotatable bonds is 6. The van der Waals surface area contributed by atoms with E-state index in [1.54, 1.807) is 0 Å². The van der Waals surface area contributed by atoms with Gasteiger partial charge in [-0.3, -0.25) is 0 Å². The van der Waals surface area contributed by atoms with Gasteiger partial charge >= 0.3 is 0 Å². The highest BCUT2D eigenvalue weighted by molar-refractivity contribution is 7.15. The van der Waals surface area contributed by atoms with Crippen molar-refractivity contribution < 1.29 is 5.11 Å². The minimum Gasteiger partial charge on any atom is -0.396 e. The van der Waals surface area contributed by atoms with Gasteiger partial charge in [-0.25, -0.2) is 4.98 Å². The largest absolute Gasteiger partial charge is 0.396 e. The van der Waals surface area contributed by atoms with E-state index in [1.165, 1.54) is 50.7 Å². The molecule has 4 rings (SSSR count). The molecule has 0 radical (unpaired) electrons. The van der Waals surface area contributed by atoms with Gasteiger partial charge in [0, 0.05) is 17.0 Å². The molecule has 0 aliphatic heterocycles. The number of hydrogen-bond donors (Lipinski definition) is 1. The molecular weight excluding hydrogens is 350 g/mol. The summed E-state index contributed by atoms with van der Waals surface area (Å²) in [6.45, 7) is 2.54. The molecule has 1 heterocycles. The predicted molar refractivity (Wildman–Crippen MR) is 114 cm³/mol. The SMILES string of the molecule is Cc1c(-c2ccccc2)cccc1-c1nc2c(s1)CC(CCCCO)CC2. The van der Waals surface area contributed by atoms with Crippen molar-refractivity contribution in [3.8, 4) is 21.7 Å². The first-order valence-electron chi connectivity index (χ1n) is 10.0. The molecule has 1 N–H and O–H groups in total. The Morgan fingerprint density at radius 1 is 1.04 bits per heavy atom. The topological polar surface area (TPSA) is 33.1 Å². The Hall–Kier alpha value is -1.97. The summed E-state index contributed by atoms with van der Waals surface area (Å²) in [7, 11) is 0. The van der Waals surface area contributed by atoms with E-state index in [4.69, 9.17) is 10.1 Å². The summed E-state index contributed by atoms with van der Waals surface area (Å²) in [5.74, 6) is 0.758. The van der Waals surface area contributed by atoms with Crippen molar-refractivity contribution in [1.29, 1.82) is 0 Å². The maximum atomic E-state index is 9.01. The molecule has 1 atom stereocenters. The molecule has 1 unspecified atom stereocenters. The fourth-order valence-corrected chi connectivity index (χ4v) is 5.45. The monoisotopic (exact) mass is 377 g/mol. The number of aliphatic hydroxyl groups is 1. The third kappa shape index (κ3) is 3.99. The van der Waals surface area contributed by atoms with Gasteiger partial charge < -0.3 is 5.11 Å². The number of hydrogen-bond acceptors (Lipinski definition) is 3. The van der Waals surface area contributed by atoms with Crippen LogP contribution < -0.4 is 0 Å². The minimum atomic E-state index is 0.319. The number of nitrogens with zero attached hydrogens (tertiary/aromatic N) is 1. The summed E-state index contributed by atoms with van der Waals surface area (Å²) in [5.41, 5.74) is 6.46. The lowest BCUT2D eigenvalue weighted by molar-refractivity contribution is 0.275. The van der Waals surface area contributed by atoms with Crippen molar-refractivity contribution in [3.63, 3.8) is 0 Å². The van der Waals surface area contributed by atoms with E-state index in [-0.39, 0.29) is 0 Å². The van der Waals surface area contributed by atoms with Crippen LogP contribution in [0.4, 0.5) is 0 Å². The molecule has 0 bridgehead atoms. The Morgan fingerprint density at radius 2 is 1.85 bits per heavy atom. The lowest BCUT2D eigenvalue weighted by Crippen LogP contribution is -2.13. The van der Waals surface area contributed by atoms with Crippen molar-refractivity contribution >= 4 is 11.3 Å². The minimum absolute atomic E-state index is 0.319. The molecule has 3 aromatic rings. The van der Waals surface area contributed by atoms with Crippen LogP contribution in [0.1, 0.15) is 41.8 Å². The number of aryl methyl sites for hydroxylation is 1. The Morgan fingerprint density at radius 3 is 2.67 bits per heavy atom. The van der Waals surface area contributed by atoms with Gasteiger partial charge in [-0.05, 0) is 55.2 Å². The highest BCUT2D eigenvalue weighted by Gasteiger charge is 2.23. The van der Waals surface area contributed by atoms with Crippen molar-refractivity contribution in [2.24, 2.45) is 5.92 Å². The number of unbranched alkanes of at least 4 members (excludes halogenated alkanes) is 1. The van der Waals surface area contributed by atoms with Gasteiger partial charge in [0.2, 0.25) is 0 Å². The van der Waals surface area contributed by atoms with Crippen molar-refractivity contribution in [3.05, 3.63) is 64.7 Å². The Labute approximate surface area is 165 Å². The fourth-order valence-electron chi connectivity index (χ4n) is 4.15. The number of thiazole rings is 1. The predicted octanol–water partition coefficient (Wildman–Crippen LogP) is 6.05. The fraction of sp³-hybridized carbons (Fsp3) is 0.375. The second kappa shape index (κ2) is 8.37. The molecule has 2 aromatic carbocycles. The summed E-state index contributed by atoms with van der Waals surface area (Å²) in [6, 6.07) is 17.2. The van der Waals surface area contributed by atoms with Crippen LogP contribution in [0.3, 0.4) is 0 Å². The van der Waals surface area contributed by atoms with Gasteiger partial charge in [0.1, 0.15) is 5.01 Å². The Kier molecular flexibility index (Phi) is 5.70. The van der Waals surface area contributed by atoms with E-state index in [9.17, 15) is 0 Å². The quantitative estimate of drug-likeness (QED) is 0.530. The van der Waals surface area contributed by atoms with Gasteiger partial charge in [0.05, 0.1) is 5.69 Å². The second-order valence-corrected chi connectivity index (χ2v) is 8.64. The highest BCUT2D eigenvalue weighted by atomic mass is 32.1. The smallest absolute Gasteiger partial charge is 0.124 e. The van der Waals surface area contributed by atoms with E-state index in [0.717, 1.165) is 31.6 Å². The lowest BCUT2D eigenvalue weighted by atomic mass is 9.87. The van der Waals surface area contributed by atoms with E-state index >= 15 is 0 Å². The molecule has 140 valence electrons. The molecular formula is C24H27NOS. The summed E-state index contributed by atoms with van der Waals surface area (Å²) >= 11 is 1.89. The molecule has 1 aliphatic carbocycles. The standard InChI is InChI=1S/C24H27NOS/c1-17-20(19-9-3-2-4-10-19)11-7-12-21(17)24-25-22-14-13-18(8-5-6-15-26)16-23(22)27-24/h2-4,7,9-12,18,26H,5-6,8,13-16H2,1H3. The third-order valence-electron chi connectivity index (χ3n) is 5.71. The first kappa shape index (κ1) is 18.4. The van der Waals surface area contributed by atoms with Crippen LogP contribution in [-0.2, 0) is 12.8 Å². The molecule has 0 saturated carbocycles. The van der Waals surface area contributed by atoms with Crippen LogP contribution in [0, 0.1) is 12.8 Å². The summed E-state index contributed by atoms with van der Waals surface area (Å²) in [4.78, 5) is 6.51. The highest BCUT2D eigenvalue weighted by Crippen LogP contribution is 2.39. The van der Waals surface area contributed by atoms with E-state index in [1.807, 2.05) is 11.3 Å². The van der Waals surface area contributed by atoms with Gasteiger partial charge in [-0.15, -0.1) is 11.3 Å². The number of aliphatic hydroxyl groups excluding tert-OH is 1. The molecule has 0 spiro atoms. The van der Waals surface area contributed by atoms with Crippen LogP contribution in [0.25, 0.3) is 21.7 Å². The third-order valence-corrected chi connectivity index (χ3v) is 6.86. The number of fused-ring (bicyclic) bond motifs is 1. The van der Waals surface area contributed by atoms with Crippen molar-refractivity contribution in [1.82, 2.24) is 4.98 Å². The van der Waals surface area contributed by atoms with Crippen LogP contribution in [0.15, 0.2) is 48.5 Å². The zero-order valence-corrected chi connectivity index (χ0v) is 16.8. The van der Waals surface area contributed by atoms with E-state index in [0.29, 0.717) is 6.61 Å². The molecule has 1 aliphatic rings. The van der Waals surface area contributed by atoms with Crippen molar-refractivity contribution in [2.45, 2.75) is 45.4 Å². The summed E-state index contributed by atoms with van der Waals surface area (Å²) in [6.07, 6.45) is 6.81. The normalized spacial score (nSPS) is 16.3. The number of benzene rings is 2. The number of aromatic nitrogens is 1. The molecule has 0 fully saturated rings. The van der Waals surface area contributed by atoms with Gasteiger partial charge in [0.25, 0.3) is 0 Å². The Balaban J connectivity index is 1.59.